The average Bonchev–Trinajstić information content (AvgIpc) is 2.62. The van der Waals surface area contributed by atoms with Crippen molar-refractivity contribution in [2.45, 2.75) is 32.8 Å². The van der Waals surface area contributed by atoms with E-state index < -0.39 is 6.10 Å². The Balaban J connectivity index is 2.42. The highest BCUT2D eigenvalue weighted by molar-refractivity contribution is 6.09. The summed E-state index contributed by atoms with van der Waals surface area (Å²) in [5, 5.41) is 10.9. The normalized spacial score (nSPS) is 13.2. The van der Waals surface area contributed by atoms with Crippen molar-refractivity contribution >= 4 is 5.78 Å². The highest BCUT2D eigenvalue weighted by Gasteiger charge is 2.23. The zero-order valence-electron chi connectivity index (χ0n) is 14.5. The van der Waals surface area contributed by atoms with Crippen LogP contribution in [0, 0.1) is 0 Å². The third-order valence-electron chi connectivity index (χ3n) is 4.07. The van der Waals surface area contributed by atoms with Gasteiger partial charge < -0.3 is 9.84 Å². The van der Waals surface area contributed by atoms with Gasteiger partial charge in [0.25, 0.3) is 0 Å². The highest BCUT2D eigenvalue weighted by Crippen LogP contribution is 2.30. The number of benzene rings is 2. The molecule has 0 saturated heterocycles. The van der Waals surface area contributed by atoms with Gasteiger partial charge in [0.05, 0.1) is 7.11 Å². The summed E-state index contributed by atoms with van der Waals surface area (Å²) in [7, 11) is 1.60. The summed E-state index contributed by atoms with van der Waals surface area (Å²) in [6, 6.07) is 16.3. The molecule has 0 amide bonds. The molecule has 0 heterocycles. The van der Waals surface area contributed by atoms with Crippen LogP contribution in [0.25, 0.3) is 0 Å². The minimum Gasteiger partial charge on any atom is -0.497 e. The fourth-order valence-corrected chi connectivity index (χ4v) is 2.76. The van der Waals surface area contributed by atoms with Crippen LogP contribution in [-0.2, 0) is 0 Å². The second kappa shape index (κ2) is 8.46. The van der Waals surface area contributed by atoms with E-state index in [-0.39, 0.29) is 5.78 Å². The van der Waals surface area contributed by atoms with E-state index in [0.29, 0.717) is 16.7 Å². The monoisotopic (exact) mass is 324 g/mol. The molecule has 2 aromatic rings. The number of hydrogen-bond donors (Lipinski definition) is 1. The summed E-state index contributed by atoms with van der Waals surface area (Å²) >= 11 is 0. The largest absolute Gasteiger partial charge is 0.497 e. The van der Waals surface area contributed by atoms with Gasteiger partial charge in [-0.2, -0.15) is 0 Å². The predicted octanol–water partition coefficient (Wildman–Crippen LogP) is 4.73. The number of carbonyl (C=O) groups is 1. The third kappa shape index (κ3) is 4.12. The van der Waals surface area contributed by atoms with Gasteiger partial charge in [0.1, 0.15) is 11.9 Å². The summed E-state index contributed by atoms with van der Waals surface area (Å²) < 4.78 is 5.15. The molecule has 0 saturated carbocycles. The molecule has 1 atom stereocenters. The highest BCUT2D eigenvalue weighted by atomic mass is 16.5. The number of carbonyl (C=O) groups excluding carboxylic acids is 1. The van der Waals surface area contributed by atoms with Gasteiger partial charge in [-0.1, -0.05) is 61.4 Å². The maximum absolute atomic E-state index is 13.0. The van der Waals surface area contributed by atoms with Crippen LogP contribution >= 0.6 is 0 Å². The van der Waals surface area contributed by atoms with Gasteiger partial charge in [-0.25, -0.2) is 0 Å². The number of hydrogen-bond acceptors (Lipinski definition) is 3. The van der Waals surface area contributed by atoms with Gasteiger partial charge in [0, 0.05) is 11.1 Å². The summed E-state index contributed by atoms with van der Waals surface area (Å²) in [6.45, 7) is 3.99. The molecule has 24 heavy (non-hydrogen) atoms. The Bertz CT molecular complexity index is 700. The molecule has 0 aliphatic carbocycles. The van der Waals surface area contributed by atoms with Crippen LogP contribution in [0.2, 0.25) is 0 Å². The molecule has 0 radical (unpaired) electrons. The first-order valence-corrected chi connectivity index (χ1v) is 8.19. The van der Waals surface area contributed by atoms with E-state index in [4.69, 9.17) is 4.74 Å². The second-order valence-corrected chi connectivity index (χ2v) is 5.81. The van der Waals surface area contributed by atoms with Crippen molar-refractivity contribution in [3.8, 4) is 5.75 Å². The van der Waals surface area contributed by atoms with Gasteiger partial charge in [-0.3, -0.25) is 4.79 Å². The van der Waals surface area contributed by atoms with E-state index in [1.54, 1.807) is 43.5 Å². The molecule has 3 nitrogen and oxygen atoms in total. The van der Waals surface area contributed by atoms with E-state index in [2.05, 4.69) is 6.92 Å². The molecule has 126 valence electrons. The predicted molar refractivity (Wildman–Crippen MR) is 96.3 cm³/mol. The molecule has 0 fully saturated rings. The molecule has 2 aromatic carbocycles. The third-order valence-corrected chi connectivity index (χ3v) is 4.07. The van der Waals surface area contributed by atoms with E-state index in [9.17, 15) is 9.90 Å². The van der Waals surface area contributed by atoms with Gasteiger partial charge in [-0.05, 0) is 31.0 Å². The maximum Gasteiger partial charge on any atom is 0.191 e. The van der Waals surface area contributed by atoms with Crippen LogP contribution in [0.15, 0.2) is 65.7 Å². The summed E-state index contributed by atoms with van der Waals surface area (Å²) in [5.41, 5.74) is 2.67. The first kappa shape index (κ1) is 18.0. The Morgan fingerprint density at radius 1 is 1.08 bits per heavy atom. The van der Waals surface area contributed by atoms with Crippen molar-refractivity contribution in [2.75, 3.05) is 7.11 Å². The van der Waals surface area contributed by atoms with Crippen LogP contribution in [0.3, 0.4) is 0 Å². The van der Waals surface area contributed by atoms with E-state index in [1.807, 2.05) is 25.1 Å². The van der Waals surface area contributed by atoms with Crippen LogP contribution in [-0.4, -0.2) is 18.0 Å². The number of methoxy groups -OCH3 is 1. The van der Waals surface area contributed by atoms with Crippen LogP contribution < -0.4 is 4.74 Å². The van der Waals surface area contributed by atoms with Crippen LogP contribution in [0.1, 0.15) is 48.7 Å². The molecule has 1 unspecified atom stereocenters. The van der Waals surface area contributed by atoms with E-state index in [0.717, 1.165) is 24.2 Å². The molecule has 3 heteroatoms. The number of ether oxygens (including phenoxy) is 1. The fraction of sp³-hybridized carbons (Fsp3) is 0.286. The first-order valence-electron chi connectivity index (χ1n) is 8.19. The van der Waals surface area contributed by atoms with Crippen molar-refractivity contribution < 1.29 is 14.6 Å². The number of aliphatic hydroxyl groups is 1. The Kier molecular flexibility index (Phi) is 6.33. The van der Waals surface area contributed by atoms with Crippen molar-refractivity contribution in [1.82, 2.24) is 0 Å². The summed E-state index contributed by atoms with van der Waals surface area (Å²) in [4.78, 5) is 13.0. The quantitative estimate of drug-likeness (QED) is 0.592. The topological polar surface area (TPSA) is 46.5 Å². The van der Waals surface area contributed by atoms with Gasteiger partial charge in [-0.15, -0.1) is 0 Å². The lowest BCUT2D eigenvalue weighted by Gasteiger charge is -2.18. The van der Waals surface area contributed by atoms with Crippen LogP contribution in [0.4, 0.5) is 0 Å². The molecule has 0 aliphatic rings. The molecular formula is C21H24O3. The van der Waals surface area contributed by atoms with Crippen molar-refractivity contribution in [3.63, 3.8) is 0 Å². The molecule has 0 spiro atoms. The summed E-state index contributed by atoms with van der Waals surface area (Å²) in [5.74, 6) is 0.598. The number of Topliss-reactive ketones (excluding diaryl/α,β-unsaturated/α-hetero) is 1. The van der Waals surface area contributed by atoms with Gasteiger partial charge in [0.2, 0.25) is 0 Å². The Morgan fingerprint density at radius 3 is 2.25 bits per heavy atom. The Labute approximate surface area is 143 Å². The number of aliphatic hydroxyl groups excluding tert-OH is 1. The zero-order valence-corrected chi connectivity index (χ0v) is 14.5. The van der Waals surface area contributed by atoms with E-state index in [1.165, 1.54) is 0 Å². The fourth-order valence-electron chi connectivity index (χ4n) is 2.76. The van der Waals surface area contributed by atoms with Crippen LogP contribution in [0.5, 0.6) is 5.75 Å². The number of ketones is 1. The minimum atomic E-state index is -0.949. The van der Waals surface area contributed by atoms with Crippen molar-refractivity contribution in [3.05, 3.63) is 76.9 Å². The second-order valence-electron chi connectivity index (χ2n) is 5.81. The standard InChI is InChI=1S/C21H24O3/c1-4-8-15(2)19(20(22)16-9-6-5-7-10-16)21(23)17-11-13-18(24-3)14-12-17/h5-7,9-14,21,23H,4,8H2,1-3H3/b19-15+. The molecule has 0 bridgehead atoms. The van der Waals surface area contributed by atoms with Crippen molar-refractivity contribution in [2.24, 2.45) is 0 Å². The molecule has 1 N–H and O–H groups in total. The Morgan fingerprint density at radius 2 is 1.71 bits per heavy atom. The Hall–Kier alpha value is -2.39. The lowest BCUT2D eigenvalue weighted by atomic mass is 9.89. The zero-order chi connectivity index (χ0) is 17.5. The summed E-state index contributed by atoms with van der Waals surface area (Å²) in [6.07, 6.45) is 0.753. The smallest absolute Gasteiger partial charge is 0.191 e. The average molecular weight is 324 g/mol. The van der Waals surface area contributed by atoms with E-state index >= 15 is 0 Å². The number of rotatable bonds is 7. The maximum atomic E-state index is 13.0. The lowest BCUT2D eigenvalue weighted by molar-refractivity contribution is 0.0984. The molecule has 2 rings (SSSR count). The molecule has 0 aliphatic heterocycles. The van der Waals surface area contributed by atoms with Crippen molar-refractivity contribution in [1.29, 1.82) is 0 Å². The molecular weight excluding hydrogens is 300 g/mol. The van der Waals surface area contributed by atoms with Gasteiger partial charge >= 0.3 is 0 Å². The first-order chi connectivity index (χ1) is 11.6. The van der Waals surface area contributed by atoms with Gasteiger partial charge in [0.15, 0.2) is 5.78 Å². The minimum absolute atomic E-state index is 0.120. The molecule has 0 aromatic heterocycles. The lowest BCUT2D eigenvalue weighted by Crippen LogP contribution is -2.14. The SMILES string of the molecule is CCC/C(C)=C(\C(=O)c1ccccc1)C(O)c1ccc(OC)cc1. The number of allylic oxidation sites excluding steroid dienone is 1.